The summed E-state index contributed by atoms with van der Waals surface area (Å²) in [6.45, 7) is 0.571. The Kier molecular flexibility index (Phi) is 4.18. The van der Waals surface area contributed by atoms with Gasteiger partial charge in [0.2, 0.25) is 5.95 Å². The highest BCUT2D eigenvalue weighted by molar-refractivity contribution is 5.35. The van der Waals surface area contributed by atoms with E-state index in [2.05, 4.69) is 15.4 Å². The topological polar surface area (TPSA) is 52.0 Å². The number of ether oxygens (including phenoxy) is 1. The first kappa shape index (κ1) is 15.0. The van der Waals surface area contributed by atoms with Crippen molar-refractivity contribution in [3.8, 4) is 11.5 Å². The summed E-state index contributed by atoms with van der Waals surface area (Å²) in [5.41, 5.74) is 1.01. The fourth-order valence-corrected chi connectivity index (χ4v) is 2.04. The zero-order valence-corrected chi connectivity index (χ0v) is 12.3. The van der Waals surface area contributed by atoms with Crippen LogP contribution in [0.25, 0.3) is 0 Å². The van der Waals surface area contributed by atoms with Crippen molar-refractivity contribution in [3.05, 3.63) is 66.0 Å². The molecule has 0 saturated carbocycles. The normalized spacial score (nSPS) is 10.6. The lowest BCUT2D eigenvalue weighted by Crippen LogP contribution is -2.05. The van der Waals surface area contributed by atoms with Crippen LogP contribution in [-0.2, 0) is 13.6 Å². The van der Waals surface area contributed by atoms with Crippen LogP contribution >= 0.6 is 0 Å². The Morgan fingerprint density at radius 2 is 1.74 bits per heavy atom. The molecule has 0 bridgehead atoms. The van der Waals surface area contributed by atoms with Gasteiger partial charge in [-0.25, -0.2) is 13.5 Å². The molecular formula is C16H14F2N4O. The molecule has 118 valence electrons. The molecule has 0 saturated heterocycles. The van der Waals surface area contributed by atoms with Crippen molar-refractivity contribution in [2.75, 3.05) is 5.32 Å². The molecular weight excluding hydrogens is 302 g/mol. The lowest BCUT2D eigenvalue weighted by atomic mass is 10.2. The van der Waals surface area contributed by atoms with E-state index in [0.717, 1.165) is 23.8 Å². The van der Waals surface area contributed by atoms with Crippen LogP contribution in [-0.4, -0.2) is 14.8 Å². The van der Waals surface area contributed by atoms with E-state index in [1.54, 1.807) is 23.9 Å². The number of nitrogens with zero attached hydrogens (tertiary/aromatic N) is 3. The molecule has 0 atom stereocenters. The van der Waals surface area contributed by atoms with E-state index in [4.69, 9.17) is 4.74 Å². The Balaban J connectivity index is 1.63. The van der Waals surface area contributed by atoms with Gasteiger partial charge in [-0.3, -0.25) is 0 Å². The van der Waals surface area contributed by atoms with Crippen LogP contribution in [0.5, 0.6) is 11.5 Å². The minimum absolute atomic E-state index is 0.118. The second-order valence-corrected chi connectivity index (χ2v) is 4.91. The van der Waals surface area contributed by atoms with Crippen molar-refractivity contribution in [1.82, 2.24) is 14.8 Å². The minimum atomic E-state index is -0.676. The Morgan fingerprint density at radius 1 is 1.04 bits per heavy atom. The number of aryl methyl sites for hydroxylation is 1. The molecule has 3 aromatic rings. The highest BCUT2D eigenvalue weighted by Crippen LogP contribution is 2.23. The quantitative estimate of drug-likeness (QED) is 0.783. The Hall–Kier alpha value is -2.96. The second kappa shape index (κ2) is 6.43. The summed E-state index contributed by atoms with van der Waals surface area (Å²) >= 11 is 0. The summed E-state index contributed by atoms with van der Waals surface area (Å²) in [6.07, 6.45) is 1.47. The third kappa shape index (κ3) is 3.82. The lowest BCUT2D eigenvalue weighted by molar-refractivity contribution is 0.468. The third-order valence-electron chi connectivity index (χ3n) is 3.16. The molecule has 0 amide bonds. The highest BCUT2D eigenvalue weighted by atomic mass is 19.1. The molecule has 1 heterocycles. The number of benzene rings is 2. The summed E-state index contributed by atoms with van der Waals surface area (Å²) < 4.78 is 33.3. The number of aromatic nitrogens is 3. The van der Waals surface area contributed by atoms with E-state index in [0.29, 0.717) is 18.2 Å². The average molecular weight is 316 g/mol. The van der Waals surface area contributed by atoms with E-state index in [9.17, 15) is 8.78 Å². The number of nitrogens with one attached hydrogen (secondary N) is 1. The van der Waals surface area contributed by atoms with Gasteiger partial charge in [0.15, 0.2) is 0 Å². The largest absolute Gasteiger partial charge is 0.457 e. The first-order chi connectivity index (χ1) is 11.1. The molecule has 0 aliphatic carbocycles. The van der Waals surface area contributed by atoms with Crippen molar-refractivity contribution >= 4 is 5.95 Å². The summed E-state index contributed by atoms with van der Waals surface area (Å²) in [4.78, 5) is 4.07. The number of hydrogen-bond donors (Lipinski definition) is 1. The van der Waals surface area contributed by atoms with Crippen LogP contribution < -0.4 is 10.1 Å². The Morgan fingerprint density at radius 3 is 2.35 bits per heavy atom. The summed E-state index contributed by atoms with van der Waals surface area (Å²) in [6, 6.07) is 10.2. The Labute approximate surface area is 131 Å². The highest BCUT2D eigenvalue weighted by Gasteiger charge is 2.04. The summed E-state index contributed by atoms with van der Waals surface area (Å²) in [5, 5.41) is 7.11. The van der Waals surface area contributed by atoms with Crippen molar-refractivity contribution in [2.24, 2.45) is 7.05 Å². The van der Waals surface area contributed by atoms with Gasteiger partial charge < -0.3 is 10.1 Å². The van der Waals surface area contributed by atoms with Crippen molar-refractivity contribution in [3.63, 3.8) is 0 Å². The van der Waals surface area contributed by atoms with Crippen LogP contribution in [0, 0.1) is 11.6 Å². The van der Waals surface area contributed by atoms with E-state index < -0.39 is 11.6 Å². The molecule has 0 fully saturated rings. The number of rotatable bonds is 5. The van der Waals surface area contributed by atoms with Crippen molar-refractivity contribution < 1.29 is 13.5 Å². The van der Waals surface area contributed by atoms with E-state index in [-0.39, 0.29) is 5.75 Å². The standard InChI is InChI=1S/C16H14F2N4O/c1-22-16(20-10-21-22)19-9-11-2-4-14(5-3-11)23-15-7-12(17)6-13(18)8-15/h2-8,10H,9H2,1H3,(H,19,20,21). The van der Waals surface area contributed by atoms with E-state index >= 15 is 0 Å². The molecule has 0 unspecified atom stereocenters. The lowest BCUT2D eigenvalue weighted by Gasteiger charge is -2.08. The Bertz CT molecular complexity index is 782. The van der Waals surface area contributed by atoms with Crippen molar-refractivity contribution in [1.29, 1.82) is 0 Å². The van der Waals surface area contributed by atoms with Crippen LogP contribution in [0.15, 0.2) is 48.8 Å². The summed E-state index contributed by atoms with van der Waals surface area (Å²) in [5.74, 6) is -0.0700. The summed E-state index contributed by atoms with van der Waals surface area (Å²) in [7, 11) is 1.80. The molecule has 5 nitrogen and oxygen atoms in total. The monoisotopic (exact) mass is 316 g/mol. The average Bonchev–Trinajstić information content (AvgIpc) is 2.91. The fourth-order valence-electron chi connectivity index (χ4n) is 2.04. The van der Waals surface area contributed by atoms with Crippen LogP contribution in [0.3, 0.4) is 0 Å². The molecule has 3 rings (SSSR count). The SMILES string of the molecule is Cn1ncnc1NCc1ccc(Oc2cc(F)cc(F)c2)cc1. The van der Waals surface area contributed by atoms with Gasteiger partial charge in [-0.05, 0) is 17.7 Å². The molecule has 1 aromatic heterocycles. The van der Waals surface area contributed by atoms with Crippen molar-refractivity contribution in [2.45, 2.75) is 6.54 Å². The third-order valence-corrected chi connectivity index (χ3v) is 3.16. The predicted molar refractivity (Wildman–Crippen MR) is 81.2 cm³/mol. The fraction of sp³-hybridized carbons (Fsp3) is 0.125. The molecule has 23 heavy (non-hydrogen) atoms. The van der Waals surface area contributed by atoms with Gasteiger partial charge in [0.25, 0.3) is 0 Å². The van der Waals surface area contributed by atoms with Gasteiger partial charge >= 0.3 is 0 Å². The molecule has 0 aliphatic rings. The molecule has 2 aromatic carbocycles. The predicted octanol–water partition coefficient (Wildman–Crippen LogP) is 3.50. The van der Waals surface area contributed by atoms with Gasteiger partial charge in [-0.2, -0.15) is 10.1 Å². The van der Waals surface area contributed by atoms with Gasteiger partial charge in [0.1, 0.15) is 29.5 Å². The second-order valence-electron chi connectivity index (χ2n) is 4.91. The van der Waals surface area contributed by atoms with Crippen LogP contribution in [0.1, 0.15) is 5.56 Å². The van der Waals surface area contributed by atoms with Gasteiger partial charge in [-0.15, -0.1) is 0 Å². The van der Waals surface area contributed by atoms with Gasteiger partial charge in [0.05, 0.1) is 0 Å². The smallest absolute Gasteiger partial charge is 0.221 e. The molecule has 7 heteroatoms. The first-order valence-electron chi connectivity index (χ1n) is 6.91. The van der Waals surface area contributed by atoms with E-state index in [1.165, 1.54) is 6.33 Å². The molecule has 0 aliphatic heterocycles. The van der Waals surface area contributed by atoms with E-state index in [1.807, 2.05) is 12.1 Å². The maximum atomic E-state index is 13.1. The molecule has 0 spiro atoms. The van der Waals surface area contributed by atoms with Gasteiger partial charge in [0, 0.05) is 31.8 Å². The number of hydrogen-bond acceptors (Lipinski definition) is 4. The zero-order chi connectivity index (χ0) is 16.2. The van der Waals surface area contributed by atoms with Crippen LogP contribution in [0.4, 0.5) is 14.7 Å². The number of anilines is 1. The van der Waals surface area contributed by atoms with Crippen LogP contribution in [0.2, 0.25) is 0 Å². The zero-order valence-electron chi connectivity index (χ0n) is 12.3. The molecule has 0 radical (unpaired) electrons. The first-order valence-corrected chi connectivity index (χ1v) is 6.91. The van der Waals surface area contributed by atoms with Gasteiger partial charge in [-0.1, -0.05) is 12.1 Å². The number of halogens is 2. The minimum Gasteiger partial charge on any atom is -0.457 e. The maximum absolute atomic E-state index is 13.1. The molecule has 1 N–H and O–H groups in total. The maximum Gasteiger partial charge on any atom is 0.221 e.